The van der Waals surface area contributed by atoms with Crippen LogP contribution in [-0.4, -0.2) is 68.9 Å². The van der Waals surface area contributed by atoms with E-state index in [-0.39, 0.29) is 0 Å². The highest BCUT2D eigenvalue weighted by molar-refractivity contribution is 5.83. The first-order valence-electron chi connectivity index (χ1n) is 11.3. The van der Waals surface area contributed by atoms with Crippen molar-refractivity contribution in [1.29, 1.82) is 0 Å². The van der Waals surface area contributed by atoms with E-state index in [1.54, 1.807) is 7.05 Å². The Hall–Kier alpha value is -3.03. The van der Waals surface area contributed by atoms with Gasteiger partial charge >= 0.3 is 0 Å². The van der Waals surface area contributed by atoms with Crippen LogP contribution in [0.2, 0.25) is 0 Å². The van der Waals surface area contributed by atoms with Crippen molar-refractivity contribution in [3.8, 4) is 5.75 Å². The van der Waals surface area contributed by atoms with Crippen LogP contribution < -0.4 is 15.4 Å². The zero-order chi connectivity index (χ0) is 22.0. The van der Waals surface area contributed by atoms with E-state index in [9.17, 15) is 0 Å². The van der Waals surface area contributed by atoms with Gasteiger partial charge in [-0.15, -0.1) is 0 Å². The number of H-pyrrole nitrogens is 1. The molecule has 2 heterocycles. The summed E-state index contributed by atoms with van der Waals surface area (Å²) in [5.74, 6) is 1.70. The molecule has 3 N–H and O–H groups in total. The molecule has 0 bridgehead atoms. The minimum atomic E-state index is 0.688. The first kappa shape index (κ1) is 22.2. The Morgan fingerprint density at radius 2 is 2.00 bits per heavy atom. The van der Waals surface area contributed by atoms with Crippen LogP contribution >= 0.6 is 0 Å². The van der Waals surface area contributed by atoms with Gasteiger partial charge in [-0.1, -0.05) is 30.3 Å². The van der Waals surface area contributed by atoms with Crippen molar-refractivity contribution in [2.24, 2.45) is 4.99 Å². The molecule has 170 valence electrons. The predicted molar refractivity (Wildman–Crippen MR) is 129 cm³/mol. The second-order valence-electron chi connectivity index (χ2n) is 7.91. The second kappa shape index (κ2) is 11.5. The molecule has 1 aliphatic rings. The minimum Gasteiger partial charge on any atom is -0.492 e. The van der Waals surface area contributed by atoms with Gasteiger partial charge in [0.1, 0.15) is 12.4 Å². The standard InChI is InChI=1S/C25H33N5O2/c1-26-25(27-10-9-21-19-28-24-8-3-2-7-23(21)24)29-18-20-5-4-6-22(17-20)32-16-13-30-11-14-31-15-12-30/h2-8,17,19,28H,9-16,18H2,1H3,(H2,26,27,29). The Kier molecular flexibility index (Phi) is 8.00. The Bertz CT molecular complexity index is 1010. The monoisotopic (exact) mass is 435 g/mol. The summed E-state index contributed by atoms with van der Waals surface area (Å²) in [7, 11) is 1.80. The molecule has 1 aromatic heterocycles. The number of ether oxygens (including phenoxy) is 2. The Morgan fingerprint density at radius 3 is 2.88 bits per heavy atom. The van der Waals surface area contributed by atoms with Crippen LogP contribution in [0.1, 0.15) is 11.1 Å². The van der Waals surface area contributed by atoms with Gasteiger partial charge in [0.15, 0.2) is 5.96 Å². The van der Waals surface area contributed by atoms with Crippen molar-refractivity contribution in [1.82, 2.24) is 20.5 Å². The summed E-state index contributed by atoms with van der Waals surface area (Å²) in [6, 6.07) is 16.6. The number of fused-ring (bicyclic) bond motifs is 1. The van der Waals surface area contributed by atoms with Crippen molar-refractivity contribution in [3.05, 3.63) is 65.9 Å². The van der Waals surface area contributed by atoms with Crippen molar-refractivity contribution < 1.29 is 9.47 Å². The molecule has 0 amide bonds. The van der Waals surface area contributed by atoms with Crippen LogP contribution in [0.5, 0.6) is 5.75 Å². The number of nitrogens with zero attached hydrogens (tertiary/aromatic N) is 2. The SMILES string of the molecule is CN=C(NCCc1c[nH]c2ccccc12)NCc1cccc(OCCN2CCOCC2)c1. The van der Waals surface area contributed by atoms with Crippen molar-refractivity contribution in [2.75, 3.05) is 53.0 Å². The maximum Gasteiger partial charge on any atom is 0.191 e. The number of benzene rings is 2. The fourth-order valence-corrected chi connectivity index (χ4v) is 3.92. The Balaban J connectivity index is 1.20. The highest BCUT2D eigenvalue weighted by Gasteiger charge is 2.10. The molecule has 32 heavy (non-hydrogen) atoms. The van der Waals surface area contributed by atoms with E-state index < -0.39 is 0 Å². The lowest BCUT2D eigenvalue weighted by Crippen LogP contribution is -2.38. The maximum absolute atomic E-state index is 5.96. The largest absolute Gasteiger partial charge is 0.492 e. The van der Waals surface area contributed by atoms with Crippen molar-refractivity contribution >= 4 is 16.9 Å². The molecule has 1 aliphatic heterocycles. The lowest BCUT2D eigenvalue weighted by Gasteiger charge is -2.26. The van der Waals surface area contributed by atoms with Crippen molar-refractivity contribution in [3.63, 3.8) is 0 Å². The summed E-state index contributed by atoms with van der Waals surface area (Å²) < 4.78 is 11.4. The normalized spacial score (nSPS) is 15.1. The number of aromatic nitrogens is 1. The van der Waals surface area contributed by atoms with Gasteiger partial charge in [-0.25, -0.2) is 0 Å². The summed E-state index contributed by atoms with van der Waals surface area (Å²) in [6.07, 6.45) is 3.02. The van der Waals surface area contributed by atoms with Gasteiger partial charge in [-0.2, -0.15) is 0 Å². The lowest BCUT2D eigenvalue weighted by atomic mass is 10.1. The van der Waals surface area contributed by atoms with Crippen LogP contribution in [-0.2, 0) is 17.7 Å². The van der Waals surface area contributed by atoms with Crippen LogP contribution in [0.15, 0.2) is 59.7 Å². The number of aliphatic imine (C=N–C) groups is 1. The zero-order valence-electron chi connectivity index (χ0n) is 18.8. The predicted octanol–water partition coefficient (Wildman–Crippen LogP) is 2.79. The zero-order valence-corrected chi connectivity index (χ0v) is 18.8. The molecular formula is C25H33N5O2. The fraction of sp³-hybridized carbons (Fsp3) is 0.400. The van der Waals surface area contributed by atoms with Crippen LogP contribution in [0.4, 0.5) is 0 Å². The van der Waals surface area contributed by atoms with E-state index in [1.165, 1.54) is 16.5 Å². The molecule has 3 aromatic rings. The number of guanidine groups is 1. The molecule has 0 saturated carbocycles. The minimum absolute atomic E-state index is 0.688. The number of nitrogens with one attached hydrogen (secondary N) is 3. The quantitative estimate of drug-likeness (QED) is 0.356. The number of hydrogen-bond acceptors (Lipinski definition) is 4. The third kappa shape index (κ3) is 6.24. The molecule has 7 nitrogen and oxygen atoms in total. The average Bonchev–Trinajstić information content (AvgIpc) is 3.25. The Labute approximate surface area is 189 Å². The second-order valence-corrected chi connectivity index (χ2v) is 7.91. The molecule has 0 unspecified atom stereocenters. The van der Waals surface area contributed by atoms with E-state index >= 15 is 0 Å². The summed E-state index contributed by atoms with van der Waals surface area (Å²) >= 11 is 0. The summed E-state index contributed by atoms with van der Waals surface area (Å²) in [4.78, 5) is 10.1. The molecule has 0 spiro atoms. The van der Waals surface area contributed by atoms with Gasteiger partial charge in [-0.3, -0.25) is 9.89 Å². The highest BCUT2D eigenvalue weighted by Crippen LogP contribution is 2.17. The fourth-order valence-electron chi connectivity index (χ4n) is 3.92. The first-order chi connectivity index (χ1) is 15.8. The number of morpholine rings is 1. The van der Waals surface area contributed by atoms with E-state index in [0.717, 1.165) is 63.1 Å². The first-order valence-corrected chi connectivity index (χ1v) is 11.3. The molecule has 0 aliphatic carbocycles. The van der Waals surface area contributed by atoms with E-state index in [4.69, 9.17) is 9.47 Å². The number of aromatic amines is 1. The summed E-state index contributed by atoms with van der Waals surface area (Å²) in [6.45, 7) is 6.72. The third-order valence-electron chi connectivity index (χ3n) is 5.72. The summed E-state index contributed by atoms with van der Waals surface area (Å²) in [5, 5.41) is 8.08. The maximum atomic E-state index is 5.96. The number of para-hydroxylation sites is 1. The van der Waals surface area contributed by atoms with Crippen LogP contribution in [0.25, 0.3) is 10.9 Å². The van der Waals surface area contributed by atoms with Gasteiger partial charge in [0.2, 0.25) is 0 Å². The molecule has 1 saturated heterocycles. The molecule has 2 aromatic carbocycles. The van der Waals surface area contributed by atoms with E-state index in [0.29, 0.717) is 13.2 Å². The molecular weight excluding hydrogens is 402 g/mol. The summed E-state index contributed by atoms with van der Waals surface area (Å²) in [5.41, 5.74) is 3.65. The lowest BCUT2D eigenvalue weighted by molar-refractivity contribution is 0.0322. The van der Waals surface area contributed by atoms with Gasteiger partial charge in [0, 0.05) is 56.9 Å². The molecule has 0 atom stereocenters. The third-order valence-corrected chi connectivity index (χ3v) is 5.72. The number of hydrogen-bond donors (Lipinski definition) is 3. The van der Waals surface area contributed by atoms with Crippen LogP contribution in [0.3, 0.4) is 0 Å². The van der Waals surface area contributed by atoms with Crippen LogP contribution in [0, 0.1) is 0 Å². The average molecular weight is 436 g/mol. The Morgan fingerprint density at radius 1 is 1.12 bits per heavy atom. The van der Waals surface area contributed by atoms with Gasteiger partial charge in [0.25, 0.3) is 0 Å². The molecule has 4 rings (SSSR count). The molecule has 0 radical (unpaired) electrons. The van der Waals surface area contributed by atoms with Crippen molar-refractivity contribution in [2.45, 2.75) is 13.0 Å². The van der Waals surface area contributed by atoms with E-state index in [2.05, 4.69) is 68.1 Å². The number of rotatable bonds is 9. The molecule has 1 fully saturated rings. The van der Waals surface area contributed by atoms with E-state index in [1.807, 2.05) is 12.1 Å². The highest BCUT2D eigenvalue weighted by atomic mass is 16.5. The molecule has 7 heteroatoms. The smallest absolute Gasteiger partial charge is 0.191 e. The van der Waals surface area contributed by atoms with Gasteiger partial charge in [0.05, 0.1) is 13.2 Å². The van der Waals surface area contributed by atoms with Gasteiger partial charge in [-0.05, 0) is 35.7 Å². The van der Waals surface area contributed by atoms with Gasteiger partial charge < -0.3 is 25.1 Å². The topological polar surface area (TPSA) is 73.9 Å².